The molecule has 0 bridgehead atoms. The van der Waals surface area contributed by atoms with Gasteiger partial charge in [-0.2, -0.15) is 0 Å². The SMILES string of the molecule is CNC1C(C)OC(OC2CCC3(C)C(CCC4C3CCC3(C)C(C5=CC(=O)OC5)CCC43O)C2)CC1OC. The van der Waals surface area contributed by atoms with E-state index in [9.17, 15) is 9.90 Å². The predicted molar refractivity (Wildman–Crippen MR) is 143 cm³/mol. The van der Waals surface area contributed by atoms with Gasteiger partial charge in [0, 0.05) is 25.0 Å². The number of nitrogens with one attached hydrogen (secondary N) is 1. The van der Waals surface area contributed by atoms with Crippen LogP contribution in [0.3, 0.4) is 0 Å². The molecular formula is C31H49NO6. The number of aliphatic hydroxyl groups is 1. The fourth-order valence-corrected chi connectivity index (χ4v) is 10.5. The van der Waals surface area contributed by atoms with Crippen LogP contribution in [-0.4, -0.2) is 68.1 Å². The monoisotopic (exact) mass is 531 g/mol. The van der Waals surface area contributed by atoms with Gasteiger partial charge in [0.25, 0.3) is 0 Å². The highest BCUT2D eigenvalue weighted by molar-refractivity contribution is 5.85. The first kappa shape index (κ1) is 27.2. The predicted octanol–water partition coefficient (Wildman–Crippen LogP) is 4.37. The Labute approximate surface area is 228 Å². The molecule has 5 fully saturated rings. The Morgan fingerprint density at radius 3 is 2.58 bits per heavy atom. The number of ether oxygens (including phenoxy) is 4. The summed E-state index contributed by atoms with van der Waals surface area (Å²) >= 11 is 0. The molecular weight excluding hydrogens is 482 g/mol. The lowest BCUT2D eigenvalue weighted by Gasteiger charge is -2.64. The number of hydrogen-bond acceptors (Lipinski definition) is 7. The number of hydrogen-bond donors (Lipinski definition) is 2. The van der Waals surface area contributed by atoms with Crippen molar-refractivity contribution in [2.24, 2.45) is 34.5 Å². The minimum Gasteiger partial charge on any atom is -0.458 e. The van der Waals surface area contributed by atoms with Crippen molar-refractivity contribution in [3.63, 3.8) is 0 Å². The Kier molecular flexibility index (Phi) is 7.03. The lowest BCUT2D eigenvalue weighted by molar-refractivity contribution is -0.256. The van der Waals surface area contributed by atoms with Crippen molar-refractivity contribution in [2.45, 2.75) is 121 Å². The van der Waals surface area contributed by atoms with E-state index in [1.54, 1.807) is 13.2 Å². The standard InChI is InChI=1S/C31H49NO6/c1-18-28(32-4)25(35-5)16-27(37-18)38-21-8-11-29(2)20(15-21)6-7-24-23(29)9-12-30(3)22(10-13-31(24,30)34)19-14-26(33)36-17-19/h14,18,20-25,27-28,32,34H,6-13,15-17H2,1-5H3. The Bertz CT molecular complexity index is 955. The number of cyclic esters (lactones) is 1. The zero-order valence-corrected chi connectivity index (χ0v) is 24.0. The second kappa shape index (κ2) is 9.83. The highest BCUT2D eigenvalue weighted by Crippen LogP contribution is 2.70. The van der Waals surface area contributed by atoms with Crippen LogP contribution in [0.1, 0.15) is 85.0 Å². The normalized spacial score (nSPS) is 52.5. The van der Waals surface area contributed by atoms with Crippen LogP contribution in [0.2, 0.25) is 0 Å². The summed E-state index contributed by atoms with van der Waals surface area (Å²) < 4.78 is 23.9. The Morgan fingerprint density at radius 1 is 1.05 bits per heavy atom. The summed E-state index contributed by atoms with van der Waals surface area (Å²) in [6, 6.07) is 0.181. The average Bonchev–Trinajstić information content (AvgIpc) is 3.43. The maximum atomic E-state index is 12.4. The molecule has 214 valence electrons. The summed E-state index contributed by atoms with van der Waals surface area (Å²) in [6.07, 6.45) is 12.2. The number of carbonyl (C=O) groups excluding carboxylic acids is 1. The summed E-state index contributed by atoms with van der Waals surface area (Å²) in [7, 11) is 3.75. The van der Waals surface area contributed by atoms with Crippen molar-refractivity contribution >= 4 is 5.97 Å². The number of likely N-dealkylation sites (N-methyl/N-ethyl adjacent to an activating group) is 1. The van der Waals surface area contributed by atoms with Crippen LogP contribution in [0.25, 0.3) is 0 Å². The third kappa shape index (κ3) is 4.05. The van der Waals surface area contributed by atoms with E-state index in [-0.39, 0.29) is 53.4 Å². The van der Waals surface area contributed by atoms with E-state index in [1.165, 1.54) is 6.42 Å². The molecule has 38 heavy (non-hydrogen) atoms. The minimum atomic E-state index is -0.653. The third-order valence-electron chi connectivity index (χ3n) is 12.6. The molecule has 4 aliphatic carbocycles. The van der Waals surface area contributed by atoms with Crippen molar-refractivity contribution in [2.75, 3.05) is 20.8 Å². The Morgan fingerprint density at radius 2 is 1.87 bits per heavy atom. The molecule has 0 aromatic rings. The Hall–Kier alpha value is -0.990. The van der Waals surface area contributed by atoms with E-state index < -0.39 is 5.60 Å². The molecule has 0 aromatic heterocycles. The third-order valence-corrected chi connectivity index (χ3v) is 12.6. The number of rotatable bonds is 5. The van der Waals surface area contributed by atoms with Gasteiger partial charge in [0.1, 0.15) is 6.61 Å². The van der Waals surface area contributed by atoms with Gasteiger partial charge in [-0.25, -0.2) is 4.79 Å². The molecule has 12 unspecified atom stereocenters. The fourth-order valence-electron chi connectivity index (χ4n) is 10.5. The zero-order valence-electron chi connectivity index (χ0n) is 24.0. The van der Waals surface area contributed by atoms with Gasteiger partial charge in [-0.15, -0.1) is 0 Å². The van der Waals surface area contributed by atoms with Crippen LogP contribution in [0.4, 0.5) is 0 Å². The summed E-state index contributed by atoms with van der Waals surface area (Å²) in [5.41, 5.74) is 0.534. The largest absolute Gasteiger partial charge is 0.458 e. The summed E-state index contributed by atoms with van der Waals surface area (Å²) in [5.74, 6) is 1.56. The summed E-state index contributed by atoms with van der Waals surface area (Å²) in [4.78, 5) is 11.8. The van der Waals surface area contributed by atoms with Gasteiger partial charge < -0.3 is 29.4 Å². The lowest BCUT2D eigenvalue weighted by atomic mass is 9.43. The van der Waals surface area contributed by atoms with Gasteiger partial charge in [0.2, 0.25) is 0 Å². The fraction of sp³-hybridized carbons (Fsp3) is 0.903. The summed E-state index contributed by atoms with van der Waals surface area (Å²) in [6.45, 7) is 7.34. The topological polar surface area (TPSA) is 86.3 Å². The maximum absolute atomic E-state index is 12.4. The van der Waals surface area contributed by atoms with Crippen molar-refractivity contribution in [1.82, 2.24) is 5.32 Å². The molecule has 2 heterocycles. The molecule has 0 radical (unpaired) electrons. The van der Waals surface area contributed by atoms with E-state index in [0.29, 0.717) is 24.4 Å². The quantitative estimate of drug-likeness (QED) is 0.403. The van der Waals surface area contributed by atoms with E-state index in [1.807, 2.05) is 7.05 Å². The highest BCUT2D eigenvalue weighted by atomic mass is 16.7. The van der Waals surface area contributed by atoms with E-state index in [0.717, 1.165) is 63.4 Å². The summed E-state index contributed by atoms with van der Waals surface area (Å²) in [5, 5.41) is 15.8. The average molecular weight is 532 g/mol. The molecule has 6 rings (SSSR count). The van der Waals surface area contributed by atoms with Crippen molar-refractivity contribution < 1.29 is 28.8 Å². The second-order valence-electron chi connectivity index (χ2n) is 13.9. The molecule has 7 heteroatoms. The number of methoxy groups -OCH3 is 1. The van der Waals surface area contributed by atoms with Gasteiger partial charge in [-0.3, -0.25) is 0 Å². The minimum absolute atomic E-state index is 0.0465. The van der Waals surface area contributed by atoms with E-state index in [2.05, 4.69) is 26.1 Å². The lowest BCUT2D eigenvalue weighted by Crippen LogP contribution is -2.62. The first-order valence-corrected chi connectivity index (χ1v) is 15.2. The molecule has 7 nitrogen and oxygen atoms in total. The number of carbonyl (C=O) groups is 1. The van der Waals surface area contributed by atoms with Crippen molar-refractivity contribution in [3.8, 4) is 0 Å². The number of fused-ring (bicyclic) bond motifs is 5. The molecule has 6 aliphatic rings. The van der Waals surface area contributed by atoms with Gasteiger partial charge in [-0.1, -0.05) is 13.8 Å². The first-order chi connectivity index (χ1) is 18.1. The van der Waals surface area contributed by atoms with Gasteiger partial charge >= 0.3 is 5.97 Å². The first-order valence-electron chi connectivity index (χ1n) is 15.2. The molecule has 2 N–H and O–H groups in total. The van der Waals surface area contributed by atoms with Crippen molar-refractivity contribution in [3.05, 3.63) is 11.6 Å². The zero-order chi connectivity index (χ0) is 26.9. The number of esters is 1. The second-order valence-corrected chi connectivity index (χ2v) is 13.9. The van der Waals surface area contributed by atoms with E-state index >= 15 is 0 Å². The molecule has 0 aromatic carbocycles. The van der Waals surface area contributed by atoms with Crippen LogP contribution < -0.4 is 5.32 Å². The van der Waals surface area contributed by atoms with Crippen molar-refractivity contribution in [1.29, 1.82) is 0 Å². The molecule has 0 amide bonds. The maximum Gasteiger partial charge on any atom is 0.331 e. The van der Waals surface area contributed by atoms with E-state index in [4.69, 9.17) is 18.9 Å². The molecule has 4 saturated carbocycles. The smallest absolute Gasteiger partial charge is 0.331 e. The Balaban J connectivity index is 1.14. The highest BCUT2D eigenvalue weighted by Gasteiger charge is 2.67. The van der Waals surface area contributed by atoms with Gasteiger partial charge in [0.15, 0.2) is 6.29 Å². The van der Waals surface area contributed by atoms with Crippen LogP contribution in [0.5, 0.6) is 0 Å². The van der Waals surface area contributed by atoms with Crippen LogP contribution >= 0.6 is 0 Å². The van der Waals surface area contributed by atoms with Crippen LogP contribution in [-0.2, 0) is 23.7 Å². The van der Waals surface area contributed by atoms with Crippen LogP contribution in [0, 0.1) is 34.5 Å². The van der Waals surface area contributed by atoms with Crippen LogP contribution in [0.15, 0.2) is 11.6 Å². The molecule has 0 spiro atoms. The van der Waals surface area contributed by atoms with Gasteiger partial charge in [0.05, 0.1) is 30.0 Å². The molecule has 1 saturated heterocycles. The molecule has 2 aliphatic heterocycles. The van der Waals surface area contributed by atoms with Gasteiger partial charge in [-0.05, 0) is 106 Å². The molecule has 12 atom stereocenters.